The minimum atomic E-state index is -3.01. The molecule has 27 heavy (non-hydrogen) atoms. The van der Waals surface area contributed by atoms with Crippen LogP contribution in [0, 0.1) is 0 Å². The summed E-state index contributed by atoms with van der Waals surface area (Å²) in [5.74, 6) is 0.144. The average molecular weight is 436 g/mol. The maximum absolute atomic E-state index is 12.0. The van der Waals surface area contributed by atoms with Crippen molar-refractivity contribution in [3.8, 4) is 0 Å². The van der Waals surface area contributed by atoms with Crippen molar-refractivity contribution in [1.29, 1.82) is 0 Å². The fraction of sp³-hybridized carbons (Fsp3) is 0.588. The first kappa shape index (κ1) is 20.7. The van der Waals surface area contributed by atoms with Crippen LogP contribution >= 0.6 is 23.2 Å². The third-order valence-electron chi connectivity index (χ3n) is 4.67. The van der Waals surface area contributed by atoms with E-state index in [1.807, 2.05) is 12.1 Å². The molecule has 0 spiro atoms. The van der Waals surface area contributed by atoms with Gasteiger partial charge in [-0.2, -0.15) is 0 Å². The molecule has 1 aromatic rings. The van der Waals surface area contributed by atoms with E-state index < -0.39 is 9.84 Å². The highest BCUT2D eigenvalue weighted by molar-refractivity contribution is 7.91. The van der Waals surface area contributed by atoms with Crippen LogP contribution in [0.1, 0.15) is 12.0 Å². The summed E-state index contributed by atoms with van der Waals surface area (Å²) in [6.07, 6.45) is 0.340. The Morgan fingerprint density at radius 1 is 1.30 bits per heavy atom. The van der Waals surface area contributed by atoms with E-state index >= 15 is 0 Å². The largest absolute Gasteiger partial charge is 0.374 e. The van der Waals surface area contributed by atoms with Crippen molar-refractivity contribution in [3.63, 3.8) is 0 Å². The van der Waals surface area contributed by atoms with Gasteiger partial charge in [-0.15, -0.1) is 0 Å². The van der Waals surface area contributed by atoms with Crippen LogP contribution in [0.5, 0.6) is 0 Å². The predicted octanol–water partition coefficient (Wildman–Crippen LogP) is 1.68. The molecule has 2 aliphatic heterocycles. The Bertz CT molecular complexity index is 790. The molecule has 3 rings (SSSR count). The van der Waals surface area contributed by atoms with Crippen molar-refractivity contribution < 1.29 is 17.9 Å². The van der Waals surface area contributed by atoms with Crippen molar-refractivity contribution in [2.24, 2.45) is 0 Å². The number of hydrogen-bond acceptors (Lipinski definition) is 5. The van der Waals surface area contributed by atoms with Gasteiger partial charge in [0, 0.05) is 32.2 Å². The Kier molecular flexibility index (Phi) is 6.86. The molecule has 2 aliphatic rings. The van der Waals surface area contributed by atoms with Gasteiger partial charge in [0.25, 0.3) is 0 Å². The lowest BCUT2D eigenvalue weighted by molar-refractivity contribution is -0.0287. The molecule has 2 N–H and O–H groups in total. The van der Waals surface area contributed by atoms with Crippen molar-refractivity contribution in [1.82, 2.24) is 15.5 Å². The monoisotopic (exact) mass is 435 g/mol. The Morgan fingerprint density at radius 2 is 2.11 bits per heavy atom. The lowest BCUT2D eigenvalue weighted by Gasteiger charge is -2.33. The zero-order valence-corrected chi connectivity index (χ0v) is 17.1. The first-order valence-corrected chi connectivity index (χ1v) is 11.4. The molecule has 2 saturated heterocycles. The van der Waals surface area contributed by atoms with E-state index in [-0.39, 0.29) is 29.7 Å². The second-order valence-corrected chi connectivity index (χ2v) is 9.97. The third kappa shape index (κ3) is 6.22. The SMILES string of the molecule is O=C(NCC1CN(Cc2ccc(Cl)c(Cl)c2)CCO1)NC1CCS(=O)(=O)C1. The number of amides is 2. The standard InChI is InChI=1S/C17H23Cl2N3O4S/c18-15-2-1-12(7-16(15)19)9-22-4-5-26-14(10-22)8-20-17(23)21-13-3-6-27(24,25)11-13/h1-2,7,13-14H,3-6,8-11H2,(H2,20,21,23). The number of nitrogens with zero attached hydrogens (tertiary/aromatic N) is 1. The quantitative estimate of drug-likeness (QED) is 0.734. The molecule has 0 aromatic heterocycles. The number of benzene rings is 1. The predicted molar refractivity (Wildman–Crippen MR) is 105 cm³/mol. The number of nitrogens with one attached hydrogen (secondary N) is 2. The van der Waals surface area contributed by atoms with Gasteiger partial charge in [-0.1, -0.05) is 29.3 Å². The van der Waals surface area contributed by atoms with Gasteiger partial charge in [0.2, 0.25) is 0 Å². The summed E-state index contributed by atoms with van der Waals surface area (Å²) in [5, 5.41) is 6.55. The zero-order valence-electron chi connectivity index (χ0n) is 14.8. The van der Waals surface area contributed by atoms with Crippen LogP contribution in [0.2, 0.25) is 10.0 Å². The number of carbonyl (C=O) groups excluding carboxylic acids is 1. The molecule has 0 radical (unpaired) electrons. The van der Waals surface area contributed by atoms with Crippen LogP contribution < -0.4 is 10.6 Å². The van der Waals surface area contributed by atoms with Crippen molar-refractivity contribution in [2.75, 3.05) is 37.7 Å². The fourth-order valence-electron chi connectivity index (χ4n) is 3.30. The number of ether oxygens (including phenoxy) is 1. The summed E-state index contributed by atoms with van der Waals surface area (Å²) in [7, 11) is -3.01. The molecular weight excluding hydrogens is 413 g/mol. The molecule has 2 heterocycles. The fourth-order valence-corrected chi connectivity index (χ4v) is 5.29. The van der Waals surface area contributed by atoms with Crippen LogP contribution in [-0.4, -0.2) is 69.2 Å². The van der Waals surface area contributed by atoms with E-state index in [1.165, 1.54) is 0 Å². The van der Waals surface area contributed by atoms with Gasteiger partial charge >= 0.3 is 6.03 Å². The average Bonchev–Trinajstić information content (AvgIpc) is 2.95. The van der Waals surface area contributed by atoms with E-state index in [9.17, 15) is 13.2 Å². The van der Waals surface area contributed by atoms with Crippen LogP contribution in [0.15, 0.2) is 18.2 Å². The van der Waals surface area contributed by atoms with Gasteiger partial charge in [0.15, 0.2) is 9.84 Å². The van der Waals surface area contributed by atoms with E-state index in [0.29, 0.717) is 36.2 Å². The summed E-state index contributed by atoms with van der Waals surface area (Å²) < 4.78 is 28.6. The first-order valence-electron chi connectivity index (χ1n) is 8.83. The third-order valence-corrected chi connectivity index (χ3v) is 7.18. The molecule has 0 bridgehead atoms. The maximum Gasteiger partial charge on any atom is 0.315 e. The molecule has 2 fully saturated rings. The number of hydrogen-bond donors (Lipinski definition) is 2. The number of rotatable bonds is 5. The van der Waals surface area contributed by atoms with E-state index in [0.717, 1.165) is 18.7 Å². The number of urea groups is 1. The van der Waals surface area contributed by atoms with Gasteiger partial charge in [-0.05, 0) is 24.1 Å². The van der Waals surface area contributed by atoms with Gasteiger partial charge in [-0.3, -0.25) is 4.90 Å². The normalized spacial score (nSPS) is 25.3. The lowest BCUT2D eigenvalue weighted by atomic mass is 10.2. The molecule has 1 aromatic carbocycles. The van der Waals surface area contributed by atoms with Gasteiger partial charge in [0.05, 0.1) is 34.3 Å². The highest BCUT2D eigenvalue weighted by Gasteiger charge is 2.29. The second-order valence-electron chi connectivity index (χ2n) is 6.93. The minimum Gasteiger partial charge on any atom is -0.374 e. The molecule has 2 amide bonds. The molecule has 2 unspecified atom stereocenters. The summed E-state index contributed by atoms with van der Waals surface area (Å²) >= 11 is 12.0. The molecule has 7 nitrogen and oxygen atoms in total. The maximum atomic E-state index is 12.0. The van der Waals surface area contributed by atoms with Crippen LogP contribution in [0.4, 0.5) is 4.79 Å². The highest BCUT2D eigenvalue weighted by Crippen LogP contribution is 2.23. The van der Waals surface area contributed by atoms with Gasteiger partial charge < -0.3 is 15.4 Å². The van der Waals surface area contributed by atoms with E-state index in [2.05, 4.69) is 15.5 Å². The number of sulfone groups is 1. The van der Waals surface area contributed by atoms with Crippen LogP contribution in [0.25, 0.3) is 0 Å². The first-order chi connectivity index (χ1) is 12.8. The Balaban J connectivity index is 1.42. The molecular formula is C17H23Cl2N3O4S. The lowest BCUT2D eigenvalue weighted by Crippen LogP contribution is -2.50. The smallest absolute Gasteiger partial charge is 0.315 e. The summed E-state index contributed by atoms with van der Waals surface area (Å²) in [6.45, 7) is 3.14. The van der Waals surface area contributed by atoms with Crippen LogP contribution in [0.3, 0.4) is 0 Å². The van der Waals surface area contributed by atoms with Crippen molar-refractivity contribution in [3.05, 3.63) is 33.8 Å². The van der Waals surface area contributed by atoms with Crippen molar-refractivity contribution in [2.45, 2.75) is 25.1 Å². The molecule has 10 heteroatoms. The Labute approximate surface area is 169 Å². The van der Waals surface area contributed by atoms with Crippen LogP contribution in [-0.2, 0) is 21.1 Å². The molecule has 150 valence electrons. The molecule has 0 aliphatic carbocycles. The summed E-state index contributed by atoms with van der Waals surface area (Å²) in [4.78, 5) is 14.2. The van der Waals surface area contributed by atoms with Gasteiger partial charge in [-0.25, -0.2) is 13.2 Å². The van der Waals surface area contributed by atoms with E-state index in [4.69, 9.17) is 27.9 Å². The minimum absolute atomic E-state index is 0.0117. The van der Waals surface area contributed by atoms with E-state index in [1.54, 1.807) is 6.07 Å². The zero-order chi connectivity index (χ0) is 19.4. The number of carbonyl (C=O) groups is 1. The van der Waals surface area contributed by atoms with Crippen molar-refractivity contribution >= 4 is 39.1 Å². The highest BCUT2D eigenvalue weighted by atomic mass is 35.5. The number of halogens is 2. The number of morpholine rings is 1. The topological polar surface area (TPSA) is 87.7 Å². The Hall–Kier alpha value is -1.06. The molecule has 0 saturated carbocycles. The summed E-state index contributed by atoms with van der Waals surface area (Å²) in [5.41, 5.74) is 1.07. The summed E-state index contributed by atoms with van der Waals surface area (Å²) in [6, 6.07) is 4.91. The van der Waals surface area contributed by atoms with Gasteiger partial charge in [0.1, 0.15) is 0 Å². The second kappa shape index (κ2) is 8.96. The Morgan fingerprint density at radius 3 is 2.81 bits per heavy atom. The molecule has 2 atom stereocenters.